The van der Waals surface area contributed by atoms with Crippen LogP contribution in [0.25, 0.3) is 0 Å². The summed E-state index contributed by atoms with van der Waals surface area (Å²) in [6.45, 7) is 4.04. The van der Waals surface area contributed by atoms with Gasteiger partial charge >= 0.3 is 11.9 Å². The topological polar surface area (TPSA) is 300 Å². The first-order valence-electron chi connectivity index (χ1n) is 12.6. The predicted octanol–water partition coefficient (Wildman–Crippen LogP) is -3.16. The zero-order valence-electron chi connectivity index (χ0n) is 23.9. The monoisotopic (exact) mass is 642 g/mol. The molecule has 0 heterocycles. The van der Waals surface area contributed by atoms with Crippen molar-refractivity contribution in [2.24, 2.45) is 22.3 Å². The van der Waals surface area contributed by atoms with Gasteiger partial charge < -0.3 is 52.7 Å². The van der Waals surface area contributed by atoms with E-state index in [0.717, 1.165) is 0 Å². The second kappa shape index (κ2) is 16.5. The van der Waals surface area contributed by atoms with E-state index >= 15 is 0 Å². The normalized spacial score (nSPS) is 16.3. The molecule has 0 aromatic carbocycles. The second-order valence-corrected chi connectivity index (χ2v) is 13.6. The van der Waals surface area contributed by atoms with Crippen LogP contribution in [0.1, 0.15) is 40.5 Å². The van der Waals surface area contributed by atoms with E-state index in [4.69, 9.17) is 11.5 Å². The van der Waals surface area contributed by atoms with Gasteiger partial charge in [0.05, 0.1) is 13.2 Å². The van der Waals surface area contributed by atoms with E-state index in [2.05, 4.69) is 10.6 Å². The first kappa shape index (κ1) is 39.7. The van der Waals surface area contributed by atoms with Gasteiger partial charge in [-0.2, -0.15) is 0 Å². The molecule has 0 spiro atoms. The molecule has 18 heteroatoms. The summed E-state index contributed by atoms with van der Waals surface area (Å²) in [7, 11) is 1.36. The number of carbonyl (C=O) groups is 6. The van der Waals surface area contributed by atoms with Crippen molar-refractivity contribution < 1.29 is 59.4 Å². The van der Waals surface area contributed by atoms with Crippen LogP contribution >= 0.6 is 21.6 Å². The molecule has 0 aliphatic rings. The van der Waals surface area contributed by atoms with Crippen LogP contribution in [-0.4, -0.2) is 127 Å². The van der Waals surface area contributed by atoms with Crippen LogP contribution in [0, 0.1) is 10.8 Å². The average Bonchev–Trinajstić information content (AvgIpc) is 2.93. The third-order valence-electron chi connectivity index (χ3n) is 6.51. The van der Waals surface area contributed by atoms with Crippen LogP contribution in [0.5, 0.6) is 0 Å². The average molecular weight is 643 g/mol. The molecule has 0 aliphatic heterocycles. The number of aliphatic carboxylic acids is 2. The molecule has 16 nitrogen and oxygen atoms in total. The van der Waals surface area contributed by atoms with Gasteiger partial charge in [-0.25, -0.2) is 9.59 Å². The summed E-state index contributed by atoms with van der Waals surface area (Å²) >= 11 is 0. The molecule has 0 rings (SSSR count). The van der Waals surface area contributed by atoms with Crippen molar-refractivity contribution >= 4 is 56.9 Å². The number of carbonyl (C=O) groups excluding carboxylic acids is 4. The van der Waals surface area contributed by atoms with Crippen molar-refractivity contribution in [1.29, 1.82) is 0 Å². The number of carboxylic acid groups (broad SMARTS) is 2. The number of amides is 2. The Bertz CT molecular complexity index is 934. The molecular weight excluding hydrogens is 600 g/mol. The fraction of sp³-hybridized carbons (Fsp3) is 0.750. The maximum absolute atomic E-state index is 12.6. The number of Topliss-reactive ketones (excluding diaryl/α,β-unsaturated/α-hetero) is 2. The maximum Gasteiger partial charge on any atom is 0.332 e. The van der Waals surface area contributed by atoms with E-state index < -0.39 is 107 Å². The number of ketones is 2. The van der Waals surface area contributed by atoms with Gasteiger partial charge in [-0.1, -0.05) is 49.3 Å². The molecule has 0 aromatic rings. The van der Waals surface area contributed by atoms with Crippen molar-refractivity contribution in [2.45, 2.75) is 63.8 Å². The molecule has 0 saturated carbocycles. The summed E-state index contributed by atoms with van der Waals surface area (Å²) in [4.78, 5) is 72.9. The molecule has 12 N–H and O–H groups in total. The molecule has 242 valence electrons. The highest BCUT2D eigenvalue weighted by atomic mass is 33.1. The van der Waals surface area contributed by atoms with E-state index in [-0.39, 0.29) is 13.1 Å². The number of carboxylic acids is 2. The minimum absolute atomic E-state index is 0.356. The first-order valence-corrected chi connectivity index (χ1v) is 15.1. The molecule has 0 radical (unpaired) electrons. The minimum Gasteiger partial charge on any atom is -0.480 e. The van der Waals surface area contributed by atoms with Crippen molar-refractivity contribution in [3.05, 3.63) is 0 Å². The van der Waals surface area contributed by atoms with E-state index in [1.165, 1.54) is 27.7 Å². The van der Waals surface area contributed by atoms with Crippen LogP contribution in [0.15, 0.2) is 0 Å². The fourth-order valence-corrected chi connectivity index (χ4v) is 5.64. The Morgan fingerprint density at radius 1 is 0.667 bits per heavy atom. The summed E-state index contributed by atoms with van der Waals surface area (Å²) in [6.07, 6.45) is -4.23. The molecule has 0 aromatic heterocycles. The van der Waals surface area contributed by atoms with Gasteiger partial charge in [-0.15, -0.1) is 0 Å². The van der Waals surface area contributed by atoms with E-state index in [0.29, 0.717) is 21.6 Å². The molecule has 0 bridgehead atoms. The van der Waals surface area contributed by atoms with Crippen LogP contribution in [-0.2, 0) is 28.8 Å². The number of aliphatic hydroxyl groups is 4. The Morgan fingerprint density at radius 3 is 1.19 bits per heavy atom. The summed E-state index contributed by atoms with van der Waals surface area (Å²) in [6, 6.07) is 0. The van der Waals surface area contributed by atoms with Crippen LogP contribution < -0.4 is 22.1 Å². The summed E-state index contributed by atoms with van der Waals surface area (Å²) in [5, 5.41) is 62.1. The van der Waals surface area contributed by atoms with E-state index in [1.807, 2.05) is 0 Å². The molecule has 0 aliphatic carbocycles. The first-order chi connectivity index (χ1) is 19.1. The van der Waals surface area contributed by atoms with Crippen LogP contribution in [0.3, 0.4) is 0 Å². The largest absolute Gasteiger partial charge is 0.480 e. The molecular formula is C24H42N4O12S2. The summed E-state index contributed by atoms with van der Waals surface area (Å²) in [5.41, 5.74) is 4.41. The lowest BCUT2D eigenvalue weighted by Crippen LogP contribution is -2.58. The number of aliphatic hydroxyl groups excluding tert-OH is 4. The molecule has 0 fully saturated rings. The van der Waals surface area contributed by atoms with Gasteiger partial charge in [0.1, 0.15) is 12.2 Å². The number of nitrogens with two attached hydrogens (primary N) is 2. The molecule has 0 saturated heterocycles. The lowest BCUT2D eigenvalue weighted by atomic mass is 9.87. The predicted molar refractivity (Wildman–Crippen MR) is 153 cm³/mol. The Balaban J connectivity index is 5.06. The summed E-state index contributed by atoms with van der Waals surface area (Å²) in [5.74, 6) is -8.21. The molecule has 42 heavy (non-hydrogen) atoms. The number of hydrogen-bond acceptors (Lipinski definition) is 14. The van der Waals surface area contributed by atoms with Gasteiger partial charge in [-0.05, 0) is 0 Å². The van der Waals surface area contributed by atoms with Crippen molar-refractivity contribution in [3.63, 3.8) is 0 Å². The summed E-state index contributed by atoms with van der Waals surface area (Å²) < 4.78 is 0. The van der Waals surface area contributed by atoms with Crippen LogP contribution in [0.4, 0.5) is 0 Å². The van der Waals surface area contributed by atoms with Crippen molar-refractivity contribution in [3.8, 4) is 0 Å². The Labute approximate surface area is 250 Å². The van der Waals surface area contributed by atoms with Gasteiger partial charge in [0, 0.05) is 48.3 Å². The highest BCUT2D eigenvalue weighted by molar-refractivity contribution is 8.76. The highest BCUT2D eigenvalue weighted by Crippen LogP contribution is 2.30. The van der Waals surface area contributed by atoms with Gasteiger partial charge in [0.15, 0.2) is 22.6 Å². The van der Waals surface area contributed by atoms with E-state index in [9.17, 15) is 59.4 Å². The third-order valence-corrected chi connectivity index (χ3v) is 9.03. The standard InChI is InChI=1S/C24H42N4O12S2/c1-21(2,9-29)15(33)17(35)27-7-5-13(31)23(25,19(37)38)11-41-42-12-24(26,20(39)40)14(32)6-8-28-18(36)16(34)22(3,4)10-30/h15-16,29-30,33-34H,5-12,25-26H2,1-4H3,(H,27,35)(H,28,36)(H,37,38)(H,39,40)/t15-,16-,23-,24-/m1/s1. The Morgan fingerprint density at radius 2 is 0.952 bits per heavy atom. The maximum atomic E-state index is 12.6. The lowest BCUT2D eigenvalue weighted by molar-refractivity contribution is -0.148. The van der Waals surface area contributed by atoms with E-state index in [1.54, 1.807) is 0 Å². The molecule has 4 atom stereocenters. The lowest BCUT2D eigenvalue weighted by Gasteiger charge is -2.27. The minimum atomic E-state index is -2.44. The Hall–Kier alpha value is -2.32. The highest BCUT2D eigenvalue weighted by Gasteiger charge is 2.44. The molecule has 0 unspecified atom stereocenters. The zero-order chi connectivity index (χ0) is 33.1. The third kappa shape index (κ3) is 10.7. The Kier molecular flexibility index (Phi) is 15.6. The number of rotatable bonds is 21. The molecule has 2 amide bonds. The number of nitrogens with one attached hydrogen (secondary N) is 2. The van der Waals surface area contributed by atoms with Gasteiger partial charge in [-0.3, -0.25) is 19.2 Å². The zero-order valence-corrected chi connectivity index (χ0v) is 25.5. The smallest absolute Gasteiger partial charge is 0.332 e. The van der Waals surface area contributed by atoms with Crippen molar-refractivity contribution in [2.75, 3.05) is 37.8 Å². The quantitative estimate of drug-likeness (QED) is 0.0336. The van der Waals surface area contributed by atoms with Gasteiger partial charge in [0.25, 0.3) is 0 Å². The van der Waals surface area contributed by atoms with Gasteiger partial charge in [0.2, 0.25) is 11.8 Å². The second-order valence-electron chi connectivity index (χ2n) is 11.1. The van der Waals surface area contributed by atoms with Crippen LogP contribution in [0.2, 0.25) is 0 Å². The fourth-order valence-electron chi connectivity index (χ4n) is 2.91. The SMILES string of the molecule is CC(C)(CO)[C@H](O)C(=O)NCCC(=O)[C@](N)(CSSC[C@](N)(C(=O)O)C(=O)CCNC(=O)[C@@H](O)C(C)(C)CO)C(=O)O. The van der Waals surface area contributed by atoms with Crippen molar-refractivity contribution in [1.82, 2.24) is 10.6 Å². The number of hydrogen-bond donors (Lipinski definition) is 10.